The van der Waals surface area contributed by atoms with Crippen molar-refractivity contribution in [1.82, 2.24) is 5.32 Å². The van der Waals surface area contributed by atoms with Gasteiger partial charge < -0.3 is 15.4 Å². The van der Waals surface area contributed by atoms with E-state index in [-0.39, 0.29) is 5.91 Å². The Morgan fingerprint density at radius 2 is 1.75 bits per heavy atom. The zero-order valence-electron chi connectivity index (χ0n) is 14.5. The lowest BCUT2D eigenvalue weighted by Crippen LogP contribution is -2.13. The monoisotopic (exact) mass is 326 g/mol. The molecule has 4 heteroatoms. The Hall–Kier alpha value is -2.33. The summed E-state index contributed by atoms with van der Waals surface area (Å²) in [6, 6.07) is 16.1. The van der Waals surface area contributed by atoms with Crippen LogP contribution in [-0.2, 0) is 17.9 Å². The first-order valence-corrected chi connectivity index (χ1v) is 8.52. The van der Waals surface area contributed by atoms with Crippen LogP contribution >= 0.6 is 0 Å². The van der Waals surface area contributed by atoms with Crippen molar-refractivity contribution in [2.45, 2.75) is 39.8 Å². The van der Waals surface area contributed by atoms with Gasteiger partial charge in [-0.2, -0.15) is 0 Å². The van der Waals surface area contributed by atoms with Crippen LogP contribution in [0.4, 0.5) is 5.69 Å². The van der Waals surface area contributed by atoms with Crippen LogP contribution in [0.5, 0.6) is 5.75 Å². The quantitative estimate of drug-likeness (QED) is 0.729. The van der Waals surface area contributed by atoms with E-state index in [0.29, 0.717) is 13.0 Å². The second kappa shape index (κ2) is 9.73. The van der Waals surface area contributed by atoms with Gasteiger partial charge >= 0.3 is 0 Å². The largest absolute Gasteiger partial charge is 0.494 e. The van der Waals surface area contributed by atoms with Gasteiger partial charge in [-0.3, -0.25) is 4.79 Å². The molecule has 0 unspecified atom stereocenters. The number of nitrogens with one attached hydrogen (secondary N) is 2. The Balaban J connectivity index is 1.80. The van der Waals surface area contributed by atoms with E-state index < -0.39 is 0 Å². The van der Waals surface area contributed by atoms with Gasteiger partial charge in [0, 0.05) is 25.2 Å². The fourth-order valence-corrected chi connectivity index (χ4v) is 2.42. The molecule has 2 rings (SSSR count). The van der Waals surface area contributed by atoms with E-state index in [1.165, 1.54) is 11.1 Å². The zero-order valence-corrected chi connectivity index (χ0v) is 14.5. The van der Waals surface area contributed by atoms with Crippen molar-refractivity contribution in [3.8, 4) is 5.75 Å². The summed E-state index contributed by atoms with van der Waals surface area (Å²) in [6.45, 7) is 6.23. The average molecular weight is 326 g/mol. The number of amides is 1. The van der Waals surface area contributed by atoms with Gasteiger partial charge in [0.1, 0.15) is 5.75 Å². The molecule has 0 bridgehead atoms. The summed E-state index contributed by atoms with van der Waals surface area (Å²) in [4.78, 5) is 11.6. The molecule has 0 aliphatic heterocycles. The van der Waals surface area contributed by atoms with Gasteiger partial charge in [-0.05, 0) is 48.7 Å². The summed E-state index contributed by atoms with van der Waals surface area (Å²) < 4.78 is 5.51. The standard InChI is InChI=1S/C20H26N2O2/c1-3-6-20(23)22-18-11-9-16(10-12-18)14-21-15-17-7-5-8-19(13-17)24-4-2/h5,7-13,21H,3-4,6,14-15H2,1-2H3,(H,22,23). The second-order valence-electron chi connectivity index (χ2n) is 5.68. The average Bonchev–Trinajstić information content (AvgIpc) is 2.57. The molecule has 0 fully saturated rings. The van der Waals surface area contributed by atoms with Crippen molar-refractivity contribution in [3.05, 3.63) is 59.7 Å². The highest BCUT2D eigenvalue weighted by Crippen LogP contribution is 2.14. The van der Waals surface area contributed by atoms with Gasteiger partial charge in [0.05, 0.1) is 6.61 Å². The van der Waals surface area contributed by atoms with Crippen LogP contribution < -0.4 is 15.4 Å². The smallest absolute Gasteiger partial charge is 0.224 e. The molecule has 0 aliphatic carbocycles. The van der Waals surface area contributed by atoms with Gasteiger partial charge in [-0.1, -0.05) is 31.2 Å². The topological polar surface area (TPSA) is 50.4 Å². The molecule has 0 saturated carbocycles. The van der Waals surface area contributed by atoms with Crippen molar-refractivity contribution >= 4 is 11.6 Å². The highest BCUT2D eigenvalue weighted by Gasteiger charge is 2.01. The molecular formula is C20H26N2O2. The normalized spacial score (nSPS) is 10.4. The van der Waals surface area contributed by atoms with Crippen molar-refractivity contribution < 1.29 is 9.53 Å². The summed E-state index contributed by atoms with van der Waals surface area (Å²) in [5, 5.41) is 6.32. The molecule has 128 valence electrons. The van der Waals surface area contributed by atoms with E-state index in [1.54, 1.807) is 0 Å². The Bertz CT molecular complexity index is 638. The highest BCUT2D eigenvalue weighted by atomic mass is 16.5. The maximum Gasteiger partial charge on any atom is 0.224 e. The zero-order chi connectivity index (χ0) is 17.2. The van der Waals surface area contributed by atoms with E-state index in [2.05, 4.69) is 22.8 Å². The summed E-state index contributed by atoms with van der Waals surface area (Å²) in [7, 11) is 0. The molecule has 0 spiro atoms. The fourth-order valence-electron chi connectivity index (χ4n) is 2.42. The molecule has 0 saturated heterocycles. The molecule has 0 aliphatic rings. The van der Waals surface area contributed by atoms with Crippen LogP contribution in [-0.4, -0.2) is 12.5 Å². The van der Waals surface area contributed by atoms with E-state index >= 15 is 0 Å². The number of carbonyl (C=O) groups excluding carboxylic acids is 1. The lowest BCUT2D eigenvalue weighted by Gasteiger charge is -2.09. The highest BCUT2D eigenvalue weighted by molar-refractivity contribution is 5.90. The van der Waals surface area contributed by atoms with Crippen molar-refractivity contribution in [2.24, 2.45) is 0 Å². The summed E-state index contributed by atoms with van der Waals surface area (Å²) >= 11 is 0. The lowest BCUT2D eigenvalue weighted by molar-refractivity contribution is -0.116. The van der Waals surface area contributed by atoms with Crippen LogP contribution in [0.1, 0.15) is 37.8 Å². The summed E-state index contributed by atoms with van der Waals surface area (Å²) in [6.07, 6.45) is 1.42. The van der Waals surface area contributed by atoms with Crippen LogP contribution in [0.25, 0.3) is 0 Å². The number of anilines is 1. The molecule has 2 N–H and O–H groups in total. The second-order valence-corrected chi connectivity index (χ2v) is 5.68. The van der Waals surface area contributed by atoms with Gasteiger partial charge in [0.2, 0.25) is 5.91 Å². The number of carbonyl (C=O) groups is 1. The number of rotatable bonds is 9. The third kappa shape index (κ3) is 6.05. The van der Waals surface area contributed by atoms with Crippen LogP contribution in [0.3, 0.4) is 0 Å². The lowest BCUT2D eigenvalue weighted by atomic mass is 10.2. The maximum atomic E-state index is 11.6. The van der Waals surface area contributed by atoms with E-state index in [4.69, 9.17) is 4.74 Å². The van der Waals surface area contributed by atoms with Gasteiger partial charge in [0.15, 0.2) is 0 Å². The molecule has 4 nitrogen and oxygen atoms in total. The van der Waals surface area contributed by atoms with Gasteiger partial charge in [-0.25, -0.2) is 0 Å². The fraction of sp³-hybridized carbons (Fsp3) is 0.350. The first-order valence-electron chi connectivity index (χ1n) is 8.52. The predicted molar refractivity (Wildman–Crippen MR) is 98.1 cm³/mol. The molecule has 2 aromatic carbocycles. The predicted octanol–water partition coefficient (Wildman–Crippen LogP) is 4.11. The van der Waals surface area contributed by atoms with Gasteiger partial charge in [0.25, 0.3) is 0 Å². The van der Waals surface area contributed by atoms with E-state index in [0.717, 1.165) is 30.9 Å². The minimum atomic E-state index is 0.0672. The first-order chi connectivity index (χ1) is 11.7. The molecule has 24 heavy (non-hydrogen) atoms. The molecule has 0 radical (unpaired) electrons. The first kappa shape index (κ1) is 18.0. The van der Waals surface area contributed by atoms with Crippen LogP contribution in [0.15, 0.2) is 48.5 Å². The molecule has 2 aromatic rings. The summed E-state index contributed by atoms with van der Waals surface area (Å²) in [5.74, 6) is 0.974. The molecule has 0 aromatic heterocycles. The number of hydrogen-bond donors (Lipinski definition) is 2. The number of ether oxygens (including phenoxy) is 1. The molecule has 1 amide bonds. The molecule has 0 heterocycles. The van der Waals surface area contributed by atoms with E-state index in [1.807, 2.05) is 50.2 Å². The number of benzene rings is 2. The van der Waals surface area contributed by atoms with Gasteiger partial charge in [-0.15, -0.1) is 0 Å². The Morgan fingerprint density at radius 1 is 1.00 bits per heavy atom. The van der Waals surface area contributed by atoms with Crippen molar-refractivity contribution in [3.63, 3.8) is 0 Å². The third-order valence-electron chi connectivity index (χ3n) is 3.58. The third-order valence-corrected chi connectivity index (χ3v) is 3.58. The maximum absolute atomic E-state index is 11.6. The SMILES string of the molecule is CCCC(=O)Nc1ccc(CNCc2cccc(OCC)c2)cc1. The minimum absolute atomic E-state index is 0.0672. The van der Waals surface area contributed by atoms with E-state index in [9.17, 15) is 4.79 Å². The van der Waals surface area contributed by atoms with Crippen molar-refractivity contribution in [2.75, 3.05) is 11.9 Å². The Kier molecular flexibility index (Phi) is 7.30. The number of hydrogen-bond acceptors (Lipinski definition) is 3. The molecule has 0 atom stereocenters. The summed E-state index contributed by atoms with van der Waals surface area (Å²) in [5.41, 5.74) is 3.23. The van der Waals surface area contributed by atoms with Crippen LogP contribution in [0, 0.1) is 0 Å². The Morgan fingerprint density at radius 3 is 2.46 bits per heavy atom. The van der Waals surface area contributed by atoms with Crippen molar-refractivity contribution in [1.29, 1.82) is 0 Å². The minimum Gasteiger partial charge on any atom is -0.494 e. The Labute approximate surface area is 144 Å². The molecular weight excluding hydrogens is 300 g/mol. The van der Waals surface area contributed by atoms with Crippen LogP contribution in [0.2, 0.25) is 0 Å².